The standard InChI is InChI=1S/C21H29N5O3S/c1-14-8-4-5-9-15(14)22-20(28)13-30-21-25-24-18(26(21)2)12-19(27)23-16-10-6-7-11-17(16)29-3/h6-7,10-11,14-15H,4-5,8-9,12-13H2,1-3H3,(H,22,28)(H,23,27)/t14-,15+/m1/s1. The summed E-state index contributed by atoms with van der Waals surface area (Å²) in [6, 6.07) is 7.49. The first-order valence-electron chi connectivity index (χ1n) is 10.2. The minimum Gasteiger partial charge on any atom is -0.495 e. The topological polar surface area (TPSA) is 98.1 Å². The van der Waals surface area contributed by atoms with Gasteiger partial charge in [0.25, 0.3) is 0 Å². The van der Waals surface area contributed by atoms with Gasteiger partial charge in [-0.1, -0.05) is 43.7 Å². The Morgan fingerprint density at radius 2 is 1.97 bits per heavy atom. The van der Waals surface area contributed by atoms with Gasteiger partial charge in [-0.3, -0.25) is 9.59 Å². The highest BCUT2D eigenvalue weighted by molar-refractivity contribution is 7.99. The van der Waals surface area contributed by atoms with Crippen LogP contribution < -0.4 is 15.4 Å². The van der Waals surface area contributed by atoms with E-state index in [1.165, 1.54) is 31.0 Å². The predicted molar refractivity (Wildman–Crippen MR) is 117 cm³/mol. The van der Waals surface area contributed by atoms with Gasteiger partial charge in [0.05, 0.1) is 25.0 Å². The molecule has 2 amide bonds. The van der Waals surface area contributed by atoms with Crippen LogP contribution >= 0.6 is 11.8 Å². The molecule has 0 aliphatic heterocycles. The van der Waals surface area contributed by atoms with Gasteiger partial charge in [-0.25, -0.2) is 0 Å². The van der Waals surface area contributed by atoms with Gasteiger partial charge in [-0.15, -0.1) is 10.2 Å². The fourth-order valence-corrected chi connectivity index (χ4v) is 4.36. The molecule has 1 aromatic heterocycles. The molecule has 0 bridgehead atoms. The van der Waals surface area contributed by atoms with Crippen LogP contribution in [0.4, 0.5) is 5.69 Å². The number of hydrogen-bond acceptors (Lipinski definition) is 6. The Kier molecular flexibility index (Phi) is 7.73. The number of ether oxygens (including phenoxy) is 1. The molecule has 9 heteroatoms. The predicted octanol–water partition coefficient (Wildman–Crippen LogP) is 2.79. The zero-order valence-corrected chi connectivity index (χ0v) is 18.5. The molecule has 162 valence electrons. The van der Waals surface area contributed by atoms with E-state index in [4.69, 9.17) is 4.74 Å². The van der Waals surface area contributed by atoms with Gasteiger partial charge >= 0.3 is 0 Å². The van der Waals surface area contributed by atoms with Crippen molar-refractivity contribution in [2.24, 2.45) is 13.0 Å². The summed E-state index contributed by atoms with van der Waals surface area (Å²) in [5.74, 6) is 1.73. The van der Waals surface area contributed by atoms with Crippen LogP contribution in [0, 0.1) is 5.92 Å². The van der Waals surface area contributed by atoms with Gasteiger partial charge in [-0.2, -0.15) is 0 Å². The normalized spacial score (nSPS) is 18.6. The summed E-state index contributed by atoms with van der Waals surface area (Å²) in [7, 11) is 3.36. The molecule has 0 unspecified atom stereocenters. The molecular formula is C21H29N5O3S. The number of thioether (sulfide) groups is 1. The van der Waals surface area contributed by atoms with Gasteiger partial charge in [-0.05, 0) is 30.9 Å². The van der Waals surface area contributed by atoms with Gasteiger partial charge in [0.15, 0.2) is 5.16 Å². The van der Waals surface area contributed by atoms with Crippen molar-refractivity contribution in [2.75, 3.05) is 18.2 Å². The van der Waals surface area contributed by atoms with Crippen molar-refractivity contribution in [3.63, 3.8) is 0 Å². The van der Waals surface area contributed by atoms with E-state index in [-0.39, 0.29) is 30.0 Å². The molecule has 2 N–H and O–H groups in total. The van der Waals surface area contributed by atoms with E-state index in [2.05, 4.69) is 27.8 Å². The van der Waals surface area contributed by atoms with Crippen LogP contribution in [0.25, 0.3) is 0 Å². The van der Waals surface area contributed by atoms with Crippen molar-refractivity contribution in [3.8, 4) is 5.75 Å². The second kappa shape index (κ2) is 10.5. The van der Waals surface area contributed by atoms with Crippen LogP contribution in [-0.2, 0) is 23.1 Å². The van der Waals surface area contributed by atoms with Gasteiger partial charge in [0.2, 0.25) is 11.8 Å². The highest BCUT2D eigenvalue weighted by Gasteiger charge is 2.23. The van der Waals surface area contributed by atoms with E-state index >= 15 is 0 Å². The van der Waals surface area contributed by atoms with E-state index in [1.54, 1.807) is 30.9 Å². The lowest BCUT2D eigenvalue weighted by molar-refractivity contribution is -0.120. The summed E-state index contributed by atoms with van der Waals surface area (Å²) in [5, 5.41) is 14.8. The number of methoxy groups -OCH3 is 1. The number of carbonyl (C=O) groups is 2. The number of benzene rings is 1. The molecule has 30 heavy (non-hydrogen) atoms. The van der Waals surface area contributed by atoms with Gasteiger partial charge < -0.3 is 19.9 Å². The van der Waals surface area contributed by atoms with Crippen LogP contribution in [0.5, 0.6) is 5.75 Å². The van der Waals surface area contributed by atoms with E-state index in [9.17, 15) is 9.59 Å². The molecule has 1 aromatic carbocycles. The van der Waals surface area contributed by atoms with Crippen LogP contribution in [0.15, 0.2) is 29.4 Å². The number of rotatable bonds is 8. The highest BCUT2D eigenvalue weighted by atomic mass is 32.2. The zero-order chi connectivity index (χ0) is 21.5. The van der Waals surface area contributed by atoms with Crippen LogP contribution in [0.1, 0.15) is 38.4 Å². The van der Waals surface area contributed by atoms with Crippen molar-refractivity contribution in [1.29, 1.82) is 0 Å². The van der Waals surface area contributed by atoms with E-state index in [0.717, 1.165) is 6.42 Å². The van der Waals surface area contributed by atoms with Crippen molar-refractivity contribution < 1.29 is 14.3 Å². The molecule has 3 rings (SSSR count). The lowest BCUT2D eigenvalue weighted by Gasteiger charge is -2.29. The SMILES string of the molecule is COc1ccccc1NC(=O)Cc1nnc(SCC(=O)N[C@H]2CCCC[C@H]2C)n1C. The van der Waals surface area contributed by atoms with Crippen molar-refractivity contribution in [2.45, 2.75) is 50.2 Å². The fourth-order valence-electron chi connectivity index (χ4n) is 3.62. The highest BCUT2D eigenvalue weighted by Crippen LogP contribution is 2.25. The number of amides is 2. The zero-order valence-electron chi connectivity index (χ0n) is 17.7. The second-order valence-electron chi connectivity index (χ2n) is 7.61. The Morgan fingerprint density at radius 3 is 2.73 bits per heavy atom. The molecule has 2 atom stereocenters. The summed E-state index contributed by atoms with van der Waals surface area (Å²) in [5.41, 5.74) is 0.607. The largest absolute Gasteiger partial charge is 0.495 e. The lowest BCUT2D eigenvalue weighted by Crippen LogP contribution is -2.41. The Morgan fingerprint density at radius 1 is 1.20 bits per heavy atom. The summed E-state index contributed by atoms with van der Waals surface area (Å²) < 4.78 is 7.00. The number of nitrogens with zero attached hydrogens (tertiary/aromatic N) is 3. The third kappa shape index (κ3) is 5.75. The van der Waals surface area contributed by atoms with Crippen LogP contribution in [0.3, 0.4) is 0 Å². The molecule has 1 heterocycles. The summed E-state index contributed by atoms with van der Waals surface area (Å²) in [6.45, 7) is 2.20. The molecule has 8 nitrogen and oxygen atoms in total. The van der Waals surface area contributed by atoms with Crippen LogP contribution in [-0.4, -0.2) is 45.5 Å². The molecule has 1 fully saturated rings. The third-order valence-corrected chi connectivity index (χ3v) is 6.44. The Balaban J connectivity index is 1.51. The van der Waals surface area contributed by atoms with Crippen LogP contribution in [0.2, 0.25) is 0 Å². The van der Waals surface area contributed by atoms with Gasteiger partial charge in [0, 0.05) is 13.1 Å². The molecule has 0 radical (unpaired) electrons. The minimum absolute atomic E-state index is 0.0113. The number of para-hydroxylation sites is 2. The molecular weight excluding hydrogens is 402 g/mol. The monoisotopic (exact) mass is 431 g/mol. The molecule has 1 saturated carbocycles. The number of nitrogens with one attached hydrogen (secondary N) is 2. The summed E-state index contributed by atoms with van der Waals surface area (Å²) >= 11 is 1.33. The fraction of sp³-hybridized carbons (Fsp3) is 0.524. The Hall–Kier alpha value is -2.55. The molecule has 1 aliphatic carbocycles. The third-order valence-electron chi connectivity index (χ3n) is 5.42. The number of hydrogen-bond donors (Lipinski definition) is 2. The van der Waals surface area contributed by atoms with Gasteiger partial charge in [0.1, 0.15) is 11.6 Å². The summed E-state index contributed by atoms with van der Waals surface area (Å²) in [6.07, 6.45) is 4.71. The van der Waals surface area contributed by atoms with E-state index in [0.29, 0.717) is 28.3 Å². The second-order valence-corrected chi connectivity index (χ2v) is 8.55. The first-order valence-corrected chi connectivity index (χ1v) is 11.2. The maximum absolute atomic E-state index is 12.4. The average Bonchev–Trinajstić information content (AvgIpc) is 3.08. The Bertz CT molecular complexity index is 885. The Labute approximate surface area is 181 Å². The lowest BCUT2D eigenvalue weighted by atomic mass is 9.86. The van der Waals surface area contributed by atoms with E-state index in [1.807, 2.05) is 12.1 Å². The van der Waals surface area contributed by atoms with Crippen molar-refractivity contribution in [1.82, 2.24) is 20.1 Å². The first kappa shape index (κ1) is 22.1. The summed E-state index contributed by atoms with van der Waals surface area (Å²) in [4.78, 5) is 24.7. The molecule has 2 aromatic rings. The maximum Gasteiger partial charge on any atom is 0.232 e. The number of aromatic nitrogens is 3. The van der Waals surface area contributed by atoms with Crippen molar-refractivity contribution in [3.05, 3.63) is 30.1 Å². The van der Waals surface area contributed by atoms with Crippen molar-refractivity contribution >= 4 is 29.3 Å². The molecule has 1 aliphatic rings. The first-order chi connectivity index (χ1) is 14.5. The number of anilines is 1. The molecule has 0 saturated heterocycles. The minimum atomic E-state index is -0.212. The molecule has 0 spiro atoms. The van der Waals surface area contributed by atoms with E-state index < -0.39 is 0 Å². The number of carbonyl (C=O) groups excluding carboxylic acids is 2. The quantitative estimate of drug-likeness (QED) is 0.624. The smallest absolute Gasteiger partial charge is 0.232 e. The maximum atomic E-state index is 12.4. The average molecular weight is 432 g/mol.